The fourth-order valence-electron chi connectivity index (χ4n) is 4.58. The molecule has 168 valence electrons. The molecule has 0 radical (unpaired) electrons. The van der Waals surface area contributed by atoms with E-state index in [9.17, 15) is 13.2 Å². The maximum absolute atomic E-state index is 12.5. The van der Waals surface area contributed by atoms with Gasteiger partial charge in [0.25, 0.3) is 5.91 Å². The monoisotopic (exact) mass is 448 g/mol. The molecule has 2 aliphatic rings. The van der Waals surface area contributed by atoms with Gasteiger partial charge in [0.15, 0.2) is 5.82 Å². The van der Waals surface area contributed by atoms with Crippen LogP contribution in [0.1, 0.15) is 48.8 Å². The zero-order valence-electron chi connectivity index (χ0n) is 17.9. The van der Waals surface area contributed by atoms with E-state index in [4.69, 9.17) is 5.73 Å². The SMILES string of the molecule is CCS(=O)(=O)N1[C@@H]2CC[C@H]1CC(N(C)c1nc(Nc3cc(C)[nH]n3)cc(C(N)=O)n1)C2. The number of aromatic nitrogens is 4. The van der Waals surface area contributed by atoms with Gasteiger partial charge in [-0.15, -0.1) is 0 Å². The van der Waals surface area contributed by atoms with E-state index >= 15 is 0 Å². The van der Waals surface area contributed by atoms with Gasteiger partial charge in [0.2, 0.25) is 16.0 Å². The van der Waals surface area contributed by atoms with Crippen molar-refractivity contribution in [2.24, 2.45) is 5.73 Å². The van der Waals surface area contributed by atoms with Gasteiger partial charge in [0.1, 0.15) is 11.5 Å². The average molecular weight is 449 g/mol. The molecule has 1 amide bonds. The number of nitrogens with two attached hydrogens (primary N) is 1. The first-order valence-electron chi connectivity index (χ1n) is 10.4. The first kappa shape index (κ1) is 21.5. The third-order valence-electron chi connectivity index (χ3n) is 6.12. The summed E-state index contributed by atoms with van der Waals surface area (Å²) in [7, 11) is -1.35. The molecule has 4 rings (SSSR count). The molecule has 0 aliphatic carbocycles. The summed E-state index contributed by atoms with van der Waals surface area (Å²) in [6.45, 7) is 3.57. The van der Waals surface area contributed by atoms with Gasteiger partial charge < -0.3 is 16.0 Å². The Hall–Kier alpha value is -2.73. The fraction of sp³-hybridized carbons (Fsp3) is 0.579. The maximum Gasteiger partial charge on any atom is 0.267 e. The maximum atomic E-state index is 12.5. The number of carbonyl (C=O) groups excluding carboxylic acids is 1. The van der Waals surface area contributed by atoms with Crippen molar-refractivity contribution in [2.45, 2.75) is 57.7 Å². The highest BCUT2D eigenvalue weighted by molar-refractivity contribution is 7.89. The summed E-state index contributed by atoms with van der Waals surface area (Å²) in [5.41, 5.74) is 6.47. The molecule has 2 aromatic heterocycles. The van der Waals surface area contributed by atoms with Gasteiger partial charge in [-0.05, 0) is 39.5 Å². The summed E-state index contributed by atoms with van der Waals surface area (Å²) in [6.07, 6.45) is 3.11. The summed E-state index contributed by atoms with van der Waals surface area (Å²) in [6, 6.07) is 3.34. The van der Waals surface area contributed by atoms with Crippen molar-refractivity contribution in [3.05, 3.63) is 23.5 Å². The van der Waals surface area contributed by atoms with Crippen LogP contribution in [-0.2, 0) is 10.0 Å². The van der Waals surface area contributed by atoms with Crippen molar-refractivity contribution in [2.75, 3.05) is 23.0 Å². The van der Waals surface area contributed by atoms with Crippen molar-refractivity contribution in [3.8, 4) is 0 Å². The minimum atomic E-state index is -3.23. The predicted octanol–water partition coefficient (Wildman–Crippen LogP) is 1.13. The number of carbonyl (C=O) groups is 1. The number of primary amides is 1. The lowest BCUT2D eigenvalue weighted by atomic mass is 9.99. The standard InChI is InChI=1S/C19H28N8O3S/c1-4-31(29,30)27-12-5-6-13(27)9-14(8-12)26(3)19-21-15(18(20)28)10-16(23-19)22-17-7-11(2)24-25-17/h7,10,12-14H,4-6,8-9H2,1-3H3,(H2,20,28)(H2,21,22,23,24,25)/t12-,13+,14?. The molecule has 2 saturated heterocycles. The number of fused-ring (bicyclic) bond motifs is 2. The number of hydrogen-bond acceptors (Lipinski definition) is 8. The smallest absolute Gasteiger partial charge is 0.267 e. The van der Waals surface area contributed by atoms with Crippen molar-refractivity contribution in [1.82, 2.24) is 24.5 Å². The molecule has 11 nitrogen and oxygen atoms in total. The summed E-state index contributed by atoms with van der Waals surface area (Å²) >= 11 is 0. The fourth-order valence-corrected chi connectivity index (χ4v) is 6.17. The molecule has 2 bridgehead atoms. The van der Waals surface area contributed by atoms with Crippen LogP contribution in [0.5, 0.6) is 0 Å². The van der Waals surface area contributed by atoms with E-state index in [1.165, 1.54) is 6.07 Å². The summed E-state index contributed by atoms with van der Waals surface area (Å²) in [5, 5.41) is 10.0. The van der Waals surface area contributed by atoms with Crippen LogP contribution in [0.2, 0.25) is 0 Å². The summed E-state index contributed by atoms with van der Waals surface area (Å²) < 4.78 is 26.8. The number of H-pyrrole nitrogens is 1. The predicted molar refractivity (Wildman–Crippen MR) is 117 cm³/mol. The number of nitrogens with zero attached hydrogens (tertiary/aromatic N) is 5. The normalized spacial score (nSPS) is 23.6. The van der Waals surface area contributed by atoms with Crippen LogP contribution in [0.3, 0.4) is 0 Å². The van der Waals surface area contributed by atoms with Crippen molar-refractivity contribution in [3.63, 3.8) is 0 Å². The Morgan fingerprint density at radius 2 is 1.94 bits per heavy atom. The van der Waals surface area contributed by atoms with Gasteiger partial charge in [-0.3, -0.25) is 9.89 Å². The van der Waals surface area contributed by atoms with E-state index in [0.717, 1.165) is 18.5 Å². The molecule has 4 heterocycles. The number of aryl methyl sites for hydroxylation is 1. The molecule has 3 atom stereocenters. The Bertz CT molecular complexity index is 1070. The van der Waals surface area contributed by atoms with Crippen molar-refractivity contribution < 1.29 is 13.2 Å². The Kier molecular flexibility index (Phi) is 5.60. The molecular formula is C19H28N8O3S. The topological polar surface area (TPSA) is 150 Å². The quantitative estimate of drug-likeness (QED) is 0.570. The van der Waals surface area contributed by atoms with Gasteiger partial charge in [-0.2, -0.15) is 14.4 Å². The minimum Gasteiger partial charge on any atom is -0.364 e. The third kappa shape index (κ3) is 4.22. The van der Waals surface area contributed by atoms with E-state index < -0.39 is 15.9 Å². The van der Waals surface area contributed by atoms with Crippen LogP contribution in [0.15, 0.2) is 12.1 Å². The van der Waals surface area contributed by atoms with Gasteiger partial charge in [-0.1, -0.05) is 0 Å². The number of aromatic amines is 1. The summed E-state index contributed by atoms with van der Waals surface area (Å²) in [4.78, 5) is 22.7. The molecule has 0 saturated carbocycles. The number of amides is 1. The van der Waals surface area contributed by atoms with E-state index in [1.807, 2.05) is 24.9 Å². The van der Waals surface area contributed by atoms with E-state index in [-0.39, 0.29) is 29.6 Å². The van der Waals surface area contributed by atoms with E-state index in [1.54, 1.807) is 11.2 Å². The zero-order chi connectivity index (χ0) is 22.3. The van der Waals surface area contributed by atoms with E-state index in [0.29, 0.717) is 30.4 Å². The third-order valence-corrected chi connectivity index (χ3v) is 8.09. The van der Waals surface area contributed by atoms with Crippen LogP contribution in [-0.4, -0.2) is 69.7 Å². The van der Waals surface area contributed by atoms with Gasteiger partial charge in [0.05, 0.1) is 5.75 Å². The lowest BCUT2D eigenvalue weighted by molar-refractivity contribution is 0.0995. The highest BCUT2D eigenvalue weighted by Crippen LogP contribution is 2.40. The van der Waals surface area contributed by atoms with Crippen LogP contribution in [0.4, 0.5) is 17.6 Å². The largest absolute Gasteiger partial charge is 0.364 e. The molecule has 31 heavy (non-hydrogen) atoms. The number of rotatable bonds is 7. The van der Waals surface area contributed by atoms with Crippen molar-refractivity contribution in [1.29, 1.82) is 0 Å². The van der Waals surface area contributed by atoms with Gasteiger partial charge >= 0.3 is 0 Å². The van der Waals surface area contributed by atoms with E-state index in [2.05, 4.69) is 25.5 Å². The number of hydrogen-bond donors (Lipinski definition) is 3. The second kappa shape index (κ2) is 8.08. The van der Waals surface area contributed by atoms with Crippen molar-refractivity contribution >= 4 is 33.5 Å². The lowest BCUT2D eigenvalue weighted by Crippen LogP contribution is -2.52. The zero-order valence-corrected chi connectivity index (χ0v) is 18.7. The molecule has 12 heteroatoms. The van der Waals surface area contributed by atoms with Crippen LogP contribution < -0.4 is 16.0 Å². The Morgan fingerprint density at radius 1 is 1.26 bits per heavy atom. The minimum absolute atomic E-state index is 0.0138. The number of sulfonamides is 1. The average Bonchev–Trinajstić information content (AvgIpc) is 3.27. The molecule has 2 fully saturated rings. The first-order valence-corrected chi connectivity index (χ1v) is 12.0. The Morgan fingerprint density at radius 3 is 2.48 bits per heavy atom. The Labute approximate surface area is 181 Å². The number of nitrogens with one attached hydrogen (secondary N) is 2. The summed E-state index contributed by atoms with van der Waals surface area (Å²) in [5.74, 6) is 0.804. The molecule has 4 N–H and O–H groups in total. The van der Waals surface area contributed by atoms with Gasteiger partial charge in [-0.25, -0.2) is 13.4 Å². The molecular weight excluding hydrogens is 420 g/mol. The van der Waals surface area contributed by atoms with Gasteiger partial charge in [0, 0.05) is 43.0 Å². The second-order valence-electron chi connectivity index (χ2n) is 8.22. The van der Waals surface area contributed by atoms with Crippen LogP contribution in [0.25, 0.3) is 0 Å². The molecule has 0 spiro atoms. The van der Waals surface area contributed by atoms with Crippen LogP contribution in [0, 0.1) is 6.92 Å². The number of anilines is 3. The molecule has 1 unspecified atom stereocenters. The molecule has 2 aliphatic heterocycles. The highest BCUT2D eigenvalue weighted by atomic mass is 32.2. The lowest BCUT2D eigenvalue weighted by Gasteiger charge is -2.41. The molecule has 2 aromatic rings. The highest BCUT2D eigenvalue weighted by Gasteiger charge is 2.47. The number of piperidine rings is 1. The second-order valence-corrected chi connectivity index (χ2v) is 10.4. The van der Waals surface area contributed by atoms with Crippen LogP contribution >= 0.6 is 0 Å². The first-order chi connectivity index (χ1) is 14.7. The Balaban J connectivity index is 1.58. The molecule has 0 aromatic carbocycles.